The molecule has 0 unspecified atom stereocenters. The van der Waals surface area contributed by atoms with Crippen LogP contribution in [-0.2, 0) is 13.2 Å². The average Bonchev–Trinajstić information content (AvgIpc) is 2.39. The molecule has 0 amide bonds. The summed E-state index contributed by atoms with van der Waals surface area (Å²) in [6.07, 6.45) is 0. The number of rotatable bonds is 4. The lowest BCUT2D eigenvalue weighted by Crippen LogP contribution is -1.99. The summed E-state index contributed by atoms with van der Waals surface area (Å²) >= 11 is 6.93. The highest BCUT2D eigenvalue weighted by molar-refractivity contribution is 9.11. The van der Waals surface area contributed by atoms with Gasteiger partial charge in [0.05, 0.1) is 15.6 Å². The van der Waals surface area contributed by atoms with Gasteiger partial charge in [0.1, 0.15) is 12.4 Å². The maximum absolute atomic E-state index is 9.14. The van der Waals surface area contributed by atoms with Crippen molar-refractivity contribution in [1.82, 2.24) is 0 Å². The van der Waals surface area contributed by atoms with Gasteiger partial charge in [-0.3, -0.25) is 0 Å². The lowest BCUT2D eigenvalue weighted by molar-refractivity contribution is 0.280. The molecule has 2 aromatic carbocycles. The second-order valence-corrected chi connectivity index (χ2v) is 5.97. The SMILES string of the molecule is Cc1ccccc1COc1c(Br)cc(CO)cc1Br. The summed E-state index contributed by atoms with van der Waals surface area (Å²) < 4.78 is 7.52. The fourth-order valence-electron chi connectivity index (χ4n) is 1.76. The molecule has 0 atom stereocenters. The molecule has 0 spiro atoms. The maximum Gasteiger partial charge on any atom is 0.148 e. The largest absolute Gasteiger partial charge is 0.487 e. The number of aliphatic hydroxyl groups is 1. The van der Waals surface area contributed by atoms with Crippen LogP contribution in [0.5, 0.6) is 5.75 Å². The lowest BCUT2D eigenvalue weighted by Gasteiger charge is -2.13. The third kappa shape index (κ3) is 3.59. The Morgan fingerprint density at radius 3 is 2.32 bits per heavy atom. The first-order valence-electron chi connectivity index (χ1n) is 5.88. The van der Waals surface area contributed by atoms with Gasteiger partial charge in [0.15, 0.2) is 0 Å². The third-order valence-electron chi connectivity index (χ3n) is 2.87. The van der Waals surface area contributed by atoms with Crippen molar-refractivity contribution in [3.8, 4) is 5.75 Å². The second-order valence-electron chi connectivity index (χ2n) is 4.26. The molecule has 0 heterocycles. The number of benzene rings is 2. The van der Waals surface area contributed by atoms with Gasteiger partial charge in [-0.1, -0.05) is 24.3 Å². The lowest BCUT2D eigenvalue weighted by atomic mass is 10.1. The average molecular weight is 386 g/mol. The van der Waals surface area contributed by atoms with Crippen LogP contribution in [0.3, 0.4) is 0 Å². The van der Waals surface area contributed by atoms with Gasteiger partial charge in [0.25, 0.3) is 0 Å². The van der Waals surface area contributed by atoms with Crippen LogP contribution in [0.4, 0.5) is 0 Å². The van der Waals surface area contributed by atoms with Crippen molar-refractivity contribution in [3.05, 3.63) is 62.0 Å². The summed E-state index contributed by atoms with van der Waals surface area (Å²) in [5.74, 6) is 0.750. The number of aliphatic hydroxyl groups excluding tert-OH is 1. The summed E-state index contributed by atoms with van der Waals surface area (Å²) in [5, 5.41) is 9.14. The summed E-state index contributed by atoms with van der Waals surface area (Å²) in [6, 6.07) is 11.9. The van der Waals surface area contributed by atoms with Crippen molar-refractivity contribution >= 4 is 31.9 Å². The first-order valence-corrected chi connectivity index (χ1v) is 7.46. The van der Waals surface area contributed by atoms with E-state index in [9.17, 15) is 0 Å². The van der Waals surface area contributed by atoms with E-state index in [2.05, 4.69) is 50.9 Å². The minimum absolute atomic E-state index is 0.00920. The van der Waals surface area contributed by atoms with E-state index >= 15 is 0 Å². The number of hydrogen-bond acceptors (Lipinski definition) is 2. The van der Waals surface area contributed by atoms with Gasteiger partial charge >= 0.3 is 0 Å². The summed E-state index contributed by atoms with van der Waals surface area (Å²) in [4.78, 5) is 0. The summed E-state index contributed by atoms with van der Waals surface area (Å²) in [6.45, 7) is 2.59. The van der Waals surface area contributed by atoms with Gasteiger partial charge in [-0.25, -0.2) is 0 Å². The molecule has 19 heavy (non-hydrogen) atoms. The van der Waals surface area contributed by atoms with E-state index in [0.717, 1.165) is 25.8 Å². The topological polar surface area (TPSA) is 29.5 Å². The zero-order valence-corrected chi connectivity index (χ0v) is 13.7. The van der Waals surface area contributed by atoms with E-state index in [1.807, 2.05) is 24.3 Å². The highest BCUT2D eigenvalue weighted by Crippen LogP contribution is 2.35. The van der Waals surface area contributed by atoms with Crippen molar-refractivity contribution in [1.29, 1.82) is 0 Å². The van der Waals surface area contributed by atoms with Gasteiger partial charge < -0.3 is 9.84 Å². The van der Waals surface area contributed by atoms with Crippen molar-refractivity contribution in [2.75, 3.05) is 0 Å². The Morgan fingerprint density at radius 2 is 1.74 bits per heavy atom. The van der Waals surface area contributed by atoms with Crippen LogP contribution >= 0.6 is 31.9 Å². The Balaban J connectivity index is 2.18. The monoisotopic (exact) mass is 384 g/mol. The molecular weight excluding hydrogens is 372 g/mol. The van der Waals surface area contributed by atoms with E-state index in [-0.39, 0.29) is 6.61 Å². The standard InChI is InChI=1S/C15H14Br2O2/c1-10-4-2-3-5-12(10)9-19-15-13(16)6-11(8-18)7-14(15)17/h2-7,18H,8-9H2,1H3. The molecular formula is C15H14Br2O2. The van der Waals surface area contributed by atoms with Crippen LogP contribution in [-0.4, -0.2) is 5.11 Å². The minimum atomic E-state index is 0.00920. The number of hydrogen-bond donors (Lipinski definition) is 1. The number of halogens is 2. The Labute approximate surface area is 129 Å². The molecule has 0 saturated heterocycles. The van der Waals surface area contributed by atoms with E-state index < -0.39 is 0 Å². The normalized spacial score (nSPS) is 10.5. The summed E-state index contributed by atoms with van der Waals surface area (Å²) in [7, 11) is 0. The van der Waals surface area contributed by atoms with Gasteiger partial charge in [-0.15, -0.1) is 0 Å². The van der Waals surface area contributed by atoms with Gasteiger partial charge in [0.2, 0.25) is 0 Å². The maximum atomic E-state index is 9.14. The quantitative estimate of drug-likeness (QED) is 0.833. The molecule has 100 valence electrons. The van der Waals surface area contributed by atoms with Crippen molar-refractivity contribution < 1.29 is 9.84 Å². The van der Waals surface area contributed by atoms with E-state index in [1.54, 1.807) is 0 Å². The zero-order chi connectivity index (χ0) is 13.8. The van der Waals surface area contributed by atoms with E-state index in [1.165, 1.54) is 5.56 Å². The van der Waals surface area contributed by atoms with Crippen molar-refractivity contribution in [2.45, 2.75) is 20.1 Å². The molecule has 0 bridgehead atoms. The first-order chi connectivity index (χ1) is 9.11. The van der Waals surface area contributed by atoms with Gasteiger partial charge in [0, 0.05) is 0 Å². The predicted molar refractivity (Wildman–Crippen MR) is 83.3 cm³/mol. The van der Waals surface area contributed by atoms with Crippen LogP contribution in [0.2, 0.25) is 0 Å². The van der Waals surface area contributed by atoms with Gasteiger partial charge in [-0.05, 0) is 67.6 Å². The van der Waals surface area contributed by atoms with Crippen molar-refractivity contribution in [2.24, 2.45) is 0 Å². The molecule has 2 aromatic rings. The molecule has 4 heteroatoms. The molecule has 0 aromatic heterocycles. The van der Waals surface area contributed by atoms with Crippen LogP contribution < -0.4 is 4.74 Å². The Bertz CT molecular complexity index is 559. The predicted octanol–water partition coefficient (Wildman–Crippen LogP) is 4.59. The molecule has 0 fully saturated rings. The van der Waals surface area contributed by atoms with Crippen LogP contribution in [0.15, 0.2) is 45.3 Å². The molecule has 0 aliphatic heterocycles. The first kappa shape index (κ1) is 14.6. The third-order valence-corrected chi connectivity index (χ3v) is 4.05. The van der Waals surface area contributed by atoms with Gasteiger partial charge in [-0.2, -0.15) is 0 Å². The van der Waals surface area contributed by atoms with Crippen LogP contribution in [0, 0.1) is 6.92 Å². The molecule has 0 saturated carbocycles. The molecule has 2 rings (SSSR count). The Kier molecular flexibility index (Phi) is 5.02. The fraction of sp³-hybridized carbons (Fsp3) is 0.200. The minimum Gasteiger partial charge on any atom is -0.487 e. The molecule has 0 aliphatic rings. The highest BCUT2D eigenvalue weighted by Gasteiger charge is 2.09. The molecule has 0 aliphatic carbocycles. The number of aryl methyl sites for hydroxylation is 1. The van der Waals surface area contributed by atoms with E-state index in [0.29, 0.717) is 6.61 Å². The second kappa shape index (κ2) is 6.55. The zero-order valence-electron chi connectivity index (χ0n) is 10.5. The molecule has 0 radical (unpaired) electrons. The van der Waals surface area contributed by atoms with E-state index in [4.69, 9.17) is 9.84 Å². The highest BCUT2D eigenvalue weighted by atomic mass is 79.9. The summed E-state index contributed by atoms with van der Waals surface area (Å²) in [5.41, 5.74) is 3.20. The van der Waals surface area contributed by atoms with Crippen molar-refractivity contribution in [3.63, 3.8) is 0 Å². The Hall–Kier alpha value is -0.840. The number of ether oxygens (including phenoxy) is 1. The van der Waals surface area contributed by atoms with Crippen LogP contribution in [0.1, 0.15) is 16.7 Å². The molecule has 1 N–H and O–H groups in total. The Morgan fingerprint density at radius 1 is 1.11 bits per heavy atom. The molecule has 2 nitrogen and oxygen atoms in total. The van der Waals surface area contributed by atoms with Crippen LogP contribution in [0.25, 0.3) is 0 Å². The fourth-order valence-corrected chi connectivity index (χ4v) is 3.27. The smallest absolute Gasteiger partial charge is 0.148 e.